The minimum Gasteiger partial charge on any atom is -0.396 e. The summed E-state index contributed by atoms with van der Waals surface area (Å²) in [6.45, 7) is 1.65. The van der Waals surface area contributed by atoms with Gasteiger partial charge < -0.3 is 5.73 Å². The van der Waals surface area contributed by atoms with Gasteiger partial charge in [0.15, 0.2) is 0 Å². The van der Waals surface area contributed by atoms with E-state index in [1.165, 1.54) is 12.1 Å². The fourth-order valence-corrected chi connectivity index (χ4v) is 2.39. The van der Waals surface area contributed by atoms with Gasteiger partial charge >= 0.3 is 0 Å². The van der Waals surface area contributed by atoms with Crippen molar-refractivity contribution in [3.05, 3.63) is 18.2 Å². The van der Waals surface area contributed by atoms with Crippen molar-refractivity contribution in [3.8, 4) is 0 Å². The minimum atomic E-state index is -4.41. The van der Waals surface area contributed by atoms with Crippen molar-refractivity contribution in [1.29, 1.82) is 0 Å². The van der Waals surface area contributed by atoms with E-state index < -0.39 is 15.0 Å². The highest BCUT2D eigenvalue weighted by molar-refractivity contribution is 9.10. The molecule has 0 bridgehead atoms. The van der Waals surface area contributed by atoms with Gasteiger partial charge in [0.05, 0.1) is 27.5 Å². The zero-order valence-corrected chi connectivity index (χ0v) is 11.3. The van der Waals surface area contributed by atoms with Gasteiger partial charge in [0.2, 0.25) is 5.91 Å². The van der Waals surface area contributed by atoms with E-state index in [0.29, 0.717) is 0 Å². The van der Waals surface area contributed by atoms with Crippen LogP contribution in [-0.4, -0.2) is 18.9 Å². The summed E-state index contributed by atoms with van der Waals surface area (Å²) >= 11 is 2.99. The average Bonchev–Trinajstić information content (AvgIpc) is 2.25. The zero-order chi connectivity index (χ0) is 13.2. The van der Waals surface area contributed by atoms with E-state index in [-0.39, 0.29) is 23.7 Å². The summed E-state index contributed by atoms with van der Waals surface area (Å²) in [6.07, 6.45) is 0.223. The summed E-state index contributed by atoms with van der Waals surface area (Å²) in [4.78, 5) is 11.0. The van der Waals surface area contributed by atoms with E-state index in [1.54, 1.807) is 6.92 Å². The van der Waals surface area contributed by atoms with Crippen LogP contribution in [0.2, 0.25) is 0 Å². The molecule has 0 unspecified atom stereocenters. The van der Waals surface area contributed by atoms with Crippen molar-refractivity contribution in [2.75, 3.05) is 9.66 Å². The predicted octanol–water partition coefficient (Wildman–Crippen LogP) is 1.57. The van der Waals surface area contributed by atoms with E-state index in [2.05, 4.69) is 16.1 Å². The molecule has 0 aliphatic rings. The molecular weight excluding hydrogens is 312 g/mol. The van der Waals surface area contributed by atoms with Gasteiger partial charge in [-0.15, -0.1) is 0 Å². The maximum Gasteiger partial charge on any atom is 0.296 e. The molecule has 0 aliphatic carbocycles. The summed E-state index contributed by atoms with van der Waals surface area (Å²) in [5.74, 6) is -0.288. The van der Waals surface area contributed by atoms with Crippen molar-refractivity contribution in [3.63, 3.8) is 0 Å². The largest absolute Gasteiger partial charge is 0.396 e. The summed E-state index contributed by atoms with van der Waals surface area (Å²) in [6, 6.07) is 4.00. The van der Waals surface area contributed by atoms with E-state index in [9.17, 15) is 13.2 Å². The second kappa shape index (κ2) is 5.03. The molecule has 0 fully saturated rings. The molecule has 3 N–H and O–H groups in total. The molecule has 8 heteroatoms. The average molecular weight is 323 g/mol. The lowest BCUT2D eigenvalue weighted by atomic mass is 10.2. The maximum absolute atomic E-state index is 11.4. The Morgan fingerprint density at radius 1 is 1.53 bits per heavy atom. The van der Waals surface area contributed by atoms with Crippen LogP contribution in [0.5, 0.6) is 0 Å². The first kappa shape index (κ1) is 13.9. The Balaban J connectivity index is 3.34. The van der Waals surface area contributed by atoms with Gasteiger partial charge in [-0.1, -0.05) is 13.0 Å². The number of nitrogen functional groups attached to an aromatic ring is 1. The third kappa shape index (κ3) is 2.96. The fraction of sp³-hybridized carbons (Fsp3) is 0.222. The SMILES string of the molecule is CCC(=O)N(Br)c1cccc(S(=O)(=O)O)c1N. The quantitative estimate of drug-likeness (QED) is 0.499. The predicted molar refractivity (Wildman–Crippen MR) is 67.4 cm³/mol. The van der Waals surface area contributed by atoms with E-state index in [1.807, 2.05) is 0 Å². The molecule has 17 heavy (non-hydrogen) atoms. The van der Waals surface area contributed by atoms with Crippen LogP contribution in [-0.2, 0) is 14.9 Å². The van der Waals surface area contributed by atoms with Gasteiger partial charge in [0.25, 0.3) is 10.1 Å². The summed E-state index contributed by atoms with van der Waals surface area (Å²) in [5.41, 5.74) is 5.59. The van der Waals surface area contributed by atoms with Crippen molar-refractivity contribution >= 4 is 43.5 Å². The molecule has 0 radical (unpaired) electrons. The summed E-state index contributed by atoms with van der Waals surface area (Å²) in [5, 5.41) is 0. The highest BCUT2D eigenvalue weighted by Gasteiger charge is 2.20. The Kier molecular flexibility index (Phi) is 4.12. The number of para-hydroxylation sites is 1. The number of nitrogens with zero attached hydrogens (tertiary/aromatic N) is 1. The van der Waals surface area contributed by atoms with Gasteiger partial charge in [0, 0.05) is 6.42 Å². The van der Waals surface area contributed by atoms with Crippen LogP contribution in [0.15, 0.2) is 23.1 Å². The third-order valence-corrected chi connectivity index (χ3v) is 3.74. The second-order valence-corrected chi connectivity index (χ2v) is 5.29. The van der Waals surface area contributed by atoms with Crippen LogP contribution in [0, 0.1) is 0 Å². The highest BCUT2D eigenvalue weighted by Crippen LogP contribution is 2.31. The third-order valence-electron chi connectivity index (χ3n) is 2.05. The van der Waals surface area contributed by atoms with Gasteiger partial charge in [-0.3, -0.25) is 9.35 Å². The van der Waals surface area contributed by atoms with Crippen molar-refractivity contribution < 1.29 is 17.8 Å². The van der Waals surface area contributed by atoms with E-state index in [0.717, 1.165) is 9.99 Å². The molecule has 0 heterocycles. The number of rotatable bonds is 3. The van der Waals surface area contributed by atoms with E-state index in [4.69, 9.17) is 10.3 Å². The van der Waals surface area contributed by atoms with Crippen LogP contribution in [0.25, 0.3) is 0 Å². The minimum absolute atomic E-state index is 0.173. The summed E-state index contributed by atoms with van der Waals surface area (Å²) < 4.78 is 32.1. The van der Waals surface area contributed by atoms with Crippen LogP contribution < -0.4 is 9.66 Å². The van der Waals surface area contributed by atoms with Crippen molar-refractivity contribution in [2.45, 2.75) is 18.2 Å². The molecular formula is C9H11BrN2O4S. The van der Waals surface area contributed by atoms with Crippen LogP contribution in [0.3, 0.4) is 0 Å². The number of hydrogen-bond acceptors (Lipinski definition) is 4. The lowest BCUT2D eigenvalue weighted by Gasteiger charge is -2.17. The van der Waals surface area contributed by atoms with Crippen LogP contribution in [0.1, 0.15) is 13.3 Å². The molecule has 0 atom stereocenters. The standard InChI is InChI=1S/C9H11BrN2O4S/c1-2-8(13)12(10)6-4-3-5-7(9(6)11)17(14,15)16/h3-5H,2,11H2,1H3,(H,14,15,16). The number of benzene rings is 1. The molecule has 1 amide bonds. The lowest BCUT2D eigenvalue weighted by molar-refractivity contribution is -0.116. The first-order chi connectivity index (χ1) is 7.79. The monoisotopic (exact) mass is 322 g/mol. The van der Waals surface area contributed by atoms with Gasteiger partial charge in [-0.25, -0.2) is 3.93 Å². The Hall–Kier alpha value is -1.12. The molecule has 1 aromatic rings. The van der Waals surface area contributed by atoms with Gasteiger partial charge in [0.1, 0.15) is 4.90 Å². The maximum atomic E-state index is 11.4. The molecule has 1 aromatic carbocycles. The molecule has 0 saturated heterocycles. The molecule has 0 spiro atoms. The number of amides is 1. The molecule has 6 nitrogen and oxygen atoms in total. The number of nitrogens with two attached hydrogens (primary N) is 1. The second-order valence-electron chi connectivity index (χ2n) is 3.19. The Morgan fingerprint density at radius 3 is 2.59 bits per heavy atom. The zero-order valence-electron chi connectivity index (χ0n) is 8.92. The smallest absolute Gasteiger partial charge is 0.296 e. The van der Waals surface area contributed by atoms with Crippen LogP contribution >= 0.6 is 16.1 Å². The number of halogens is 1. The van der Waals surface area contributed by atoms with Crippen molar-refractivity contribution in [2.24, 2.45) is 0 Å². The molecule has 0 aliphatic heterocycles. The molecule has 1 rings (SSSR count). The number of carbonyl (C=O) groups is 1. The highest BCUT2D eigenvalue weighted by atomic mass is 79.9. The number of carbonyl (C=O) groups excluding carboxylic acids is 1. The van der Waals surface area contributed by atoms with Crippen molar-refractivity contribution in [1.82, 2.24) is 0 Å². The van der Waals surface area contributed by atoms with E-state index >= 15 is 0 Å². The van der Waals surface area contributed by atoms with Gasteiger partial charge in [-0.2, -0.15) is 8.42 Å². The number of hydrogen-bond donors (Lipinski definition) is 2. The fourth-order valence-electron chi connectivity index (χ4n) is 1.20. The molecule has 0 saturated carbocycles. The molecule has 94 valence electrons. The Labute approximate surface area is 107 Å². The lowest BCUT2D eigenvalue weighted by Crippen LogP contribution is -2.20. The van der Waals surface area contributed by atoms with Gasteiger partial charge in [-0.05, 0) is 12.1 Å². The number of anilines is 2. The molecule has 0 aromatic heterocycles. The topological polar surface area (TPSA) is 101 Å². The first-order valence-corrected chi connectivity index (χ1v) is 6.78. The Bertz CT molecular complexity index is 544. The van der Waals surface area contributed by atoms with Crippen LogP contribution in [0.4, 0.5) is 11.4 Å². The normalized spacial score (nSPS) is 11.2. The Morgan fingerprint density at radius 2 is 2.12 bits per heavy atom. The first-order valence-electron chi connectivity index (χ1n) is 4.63. The summed E-state index contributed by atoms with van der Waals surface area (Å²) in [7, 11) is -4.41.